The summed E-state index contributed by atoms with van der Waals surface area (Å²) in [6.45, 7) is 8.17. The zero-order valence-corrected chi connectivity index (χ0v) is 23.7. The quantitative estimate of drug-likeness (QED) is 0.395. The predicted molar refractivity (Wildman–Crippen MR) is 152 cm³/mol. The van der Waals surface area contributed by atoms with Crippen molar-refractivity contribution in [2.75, 3.05) is 19.6 Å². The van der Waals surface area contributed by atoms with Gasteiger partial charge in [-0.1, -0.05) is 72.8 Å². The molecule has 2 aromatic rings. The number of carbonyl (C=O) groups is 1. The van der Waals surface area contributed by atoms with E-state index >= 15 is 0 Å². The summed E-state index contributed by atoms with van der Waals surface area (Å²) in [7, 11) is 0. The summed E-state index contributed by atoms with van der Waals surface area (Å²) in [5.41, 5.74) is 2.02. The summed E-state index contributed by atoms with van der Waals surface area (Å²) >= 11 is 12.4. The van der Waals surface area contributed by atoms with E-state index in [-0.39, 0.29) is 18.1 Å². The first kappa shape index (κ1) is 28.2. The van der Waals surface area contributed by atoms with E-state index in [1.807, 2.05) is 39.0 Å². The Morgan fingerprint density at radius 3 is 2.38 bits per heavy atom. The van der Waals surface area contributed by atoms with E-state index in [9.17, 15) is 9.90 Å². The molecular weight excluding hydrogens is 507 g/mol. The van der Waals surface area contributed by atoms with Crippen LogP contribution in [0.5, 0.6) is 0 Å². The van der Waals surface area contributed by atoms with Gasteiger partial charge in [0.25, 0.3) is 0 Å². The second-order valence-corrected chi connectivity index (χ2v) is 12.5. The molecule has 1 aliphatic carbocycles. The lowest BCUT2D eigenvalue weighted by Gasteiger charge is -2.43. The number of aliphatic hydroxyl groups is 1. The lowest BCUT2D eigenvalue weighted by Crippen LogP contribution is -2.49. The van der Waals surface area contributed by atoms with Gasteiger partial charge >= 0.3 is 6.09 Å². The Bertz CT molecular complexity index is 1070. The predicted octanol–water partition coefficient (Wildman–Crippen LogP) is 7.43. The molecule has 202 valence electrons. The molecule has 1 aliphatic heterocycles. The average Bonchev–Trinajstić information content (AvgIpc) is 2.84. The number of hydrogen-bond donors (Lipinski definition) is 2. The molecule has 2 N–H and O–H groups in total. The summed E-state index contributed by atoms with van der Waals surface area (Å²) in [5, 5.41) is 16.0. The number of nitrogens with one attached hydrogen (secondary N) is 1. The molecule has 0 radical (unpaired) electrons. The van der Waals surface area contributed by atoms with Crippen LogP contribution in [0.25, 0.3) is 11.1 Å². The number of alkyl carbamates (subject to hydrolysis) is 1. The number of rotatable bonds is 6. The minimum atomic E-state index is -0.722. The van der Waals surface area contributed by atoms with Gasteiger partial charge in [0, 0.05) is 31.6 Å². The van der Waals surface area contributed by atoms with Crippen LogP contribution in [-0.2, 0) is 4.74 Å². The number of nitrogens with zero attached hydrogens (tertiary/aromatic N) is 1. The van der Waals surface area contributed by atoms with Crippen molar-refractivity contribution in [1.29, 1.82) is 0 Å². The van der Waals surface area contributed by atoms with Gasteiger partial charge in [0.1, 0.15) is 5.60 Å². The fourth-order valence-electron chi connectivity index (χ4n) is 5.70. The number of halogens is 2. The lowest BCUT2D eigenvalue weighted by molar-refractivity contribution is -0.0326. The summed E-state index contributed by atoms with van der Waals surface area (Å²) in [4.78, 5) is 14.7. The van der Waals surface area contributed by atoms with Gasteiger partial charge in [-0.3, -0.25) is 0 Å². The van der Waals surface area contributed by atoms with E-state index in [1.54, 1.807) is 0 Å². The molecule has 0 aromatic heterocycles. The standard InChI is InChI=1S/C30H40Cl2N2O3/c1-29(2,3)37-28(35)33-24-12-16-34(17-13-24)20-25(30(36)14-5-4-6-15-30)23-9-7-8-21(18-23)22-10-11-26(31)27(32)19-22/h7-11,18-19,24-25,36H,4-6,12-17,20H2,1-3H3,(H,33,35). The number of likely N-dealkylation sites (tertiary alicyclic amines) is 1. The zero-order valence-electron chi connectivity index (χ0n) is 22.2. The maximum atomic E-state index is 12.2. The SMILES string of the molecule is CC(C)(C)OC(=O)NC1CCN(CC(c2cccc(-c3ccc(Cl)c(Cl)c3)c2)C2(O)CCCCC2)CC1. The van der Waals surface area contributed by atoms with Crippen LogP contribution in [0.2, 0.25) is 10.0 Å². The van der Waals surface area contributed by atoms with Crippen LogP contribution in [0.4, 0.5) is 4.79 Å². The molecule has 2 aromatic carbocycles. The number of ether oxygens (including phenoxy) is 1. The van der Waals surface area contributed by atoms with E-state index in [1.165, 1.54) is 6.42 Å². The van der Waals surface area contributed by atoms with Crippen molar-refractivity contribution >= 4 is 29.3 Å². The molecule has 1 saturated carbocycles. The first-order chi connectivity index (χ1) is 17.5. The third-order valence-corrected chi connectivity index (χ3v) is 8.40. The number of benzene rings is 2. The van der Waals surface area contributed by atoms with Crippen molar-refractivity contribution in [3.63, 3.8) is 0 Å². The minimum Gasteiger partial charge on any atom is -0.444 e. The van der Waals surface area contributed by atoms with Crippen molar-refractivity contribution in [2.24, 2.45) is 0 Å². The van der Waals surface area contributed by atoms with Crippen molar-refractivity contribution < 1.29 is 14.6 Å². The maximum absolute atomic E-state index is 12.2. The minimum absolute atomic E-state index is 0.00545. The molecule has 37 heavy (non-hydrogen) atoms. The summed E-state index contributed by atoms with van der Waals surface area (Å²) in [6.07, 6.45) is 6.33. The Morgan fingerprint density at radius 1 is 1.05 bits per heavy atom. The van der Waals surface area contributed by atoms with Crippen molar-refractivity contribution in [1.82, 2.24) is 10.2 Å². The molecule has 1 atom stereocenters. The first-order valence-electron chi connectivity index (χ1n) is 13.5. The van der Waals surface area contributed by atoms with Gasteiger partial charge in [-0.25, -0.2) is 4.79 Å². The normalized spacial score (nSPS) is 19.8. The van der Waals surface area contributed by atoms with Crippen LogP contribution in [0, 0.1) is 0 Å². The second-order valence-electron chi connectivity index (χ2n) is 11.7. The highest BCUT2D eigenvalue weighted by Crippen LogP contribution is 2.42. The van der Waals surface area contributed by atoms with E-state index in [0.29, 0.717) is 10.0 Å². The summed E-state index contributed by atoms with van der Waals surface area (Å²) < 4.78 is 5.43. The molecule has 1 heterocycles. The fourth-order valence-corrected chi connectivity index (χ4v) is 6.00. The molecule has 1 saturated heterocycles. The third kappa shape index (κ3) is 7.63. The monoisotopic (exact) mass is 546 g/mol. The van der Waals surface area contributed by atoms with E-state index < -0.39 is 11.2 Å². The van der Waals surface area contributed by atoms with Crippen molar-refractivity contribution in [2.45, 2.75) is 88.9 Å². The molecule has 0 spiro atoms. The molecule has 4 rings (SSSR count). The molecular formula is C30H40Cl2N2O3. The van der Waals surface area contributed by atoms with Crippen LogP contribution in [0.3, 0.4) is 0 Å². The van der Waals surface area contributed by atoms with E-state index in [4.69, 9.17) is 27.9 Å². The molecule has 1 unspecified atom stereocenters. The van der Waals surface area contributed by atoms with Gasteiger partial charge in [0.05, 0.1) is 15.6 Å². The Morgan fingerprint density at radius 2 is 1.73 bits per heavy atom. The van der Waals surface area contributed by atoms with Crippen molar-refractivity contribution in [3.8, 4) is 11.1 Å². The maximum Gasteiger partial charge on any atom is 0.407 e. The Kier molecular flexibility index (Phi) is 9.11. The lowest BCUT2D eigenvalue weighted by atomic mass is 9.72. The van der Waals surface area contributed by atoms with Crippen LogP contribution >= 0.6 is 23.2 Å². The summed E-state index contributed by atoms with van der Waals surface area (Å²) in [6, 6.07) is 14.3. The van der Waals surface area contributed by atoms with Crippen LogP contribution in [0.1, 0.15) is 77.2 Å². The smallest absolute Gasteiger partial charge is 0.407 e. The fraction of sp³-hybridized carbons (Fsp3) is 0.567. The third-order valence-electron chi connectivity index (χ3n) is 7.66. The van der Waals surface area contributed by atoms with E-state index in [0.717, 1.165) is 74.8 Å². The van der Waals surface area contributed by atoms with Gasteiger partial charge in [-0.15, -0.1) is 0 Å². The van der Waals surface area contributed by atoms with Crippen molar-refractivity contribution in [3.05, 3.63) is 58.1 Å². The molecule has 1 amide bonds. The second kappa shape index (κ2) is 11.9. The molecule has 2 fully saturated rings. The van der Waals surface area contributed by atoms with Crippen LogP contribution in [-0.4, -0.2) is 53.0 Å². The summed E-state index contributed by atoms with van der Waals surface area (Å²) in [5.74, 6) is 0.00545. The van der Waals surface area contributed by atoms with Crippen LogP contribution in [0.15, 0.2) is 42.5 Å². The van der Waals surface area contributed by atoms with Gasteiger partial charge in [0.2, 0.25) is 0 Å². The van der Waals surface area contributed by atoms with Gasteiger partial charge in [-0.2, -0.15) is 0 Å². The molecule has 2 aliphatic rings. The topological polar surface area (TPSA) is 61.8 Å². The zero-order chi connectivity index (χ0) is 26.6. The number of carbonyl (C=O) groups excluding carboxylic acids is 1. The van der Waals surface area contributed by atoms with E-state index in [2.05, 4.69) is 34.5 Å². The first-order valence-corrected chi connectivity index (χ1v) is 14.3. The van der Waals surface area contributed by atoms with Crippen LogP contribution < -0.4 is 5.32 Å². The van der Waals surface area contributed by atoms with Gasteiger partial charge < -0.3 is 20.1 Å². The molecule has 7 heteroatoms. The highest BCUT2D eigenvalue weighted by atomic mass is 35.5. The Balaban J connectivity index is 1.49. The van der Waals surface area contributed by atoms with Gasteiger partial charge in [-0.05, 0) is 75.3 Å². The number of piperidine rings is 1. The highest BCUT2D eigenvalue weighted by molar-refractivity contribution is 6.42. The number of amides is 1. The molecule has 5 nitrogen and oxygen atoms in total. The largest absolute Gasteiger partial charge is 0.444 e. The highest BCUT2D eigenvalue weighted by Gasteiger charge is 2.40. The van der Waals surface area contributed by atoms with Gasteiger partial charge in [0.15, 0.2) is 0 Å². The molecule has 0 bridgehead atoms. The Labute approximate surface area is 231 Å². The Hall–Kier alpha value is -1.79. The number of hydrogen-bond acceptors (Lipinski definition) is 4. The average molecular weight is 548 g/mol.